The fraction of sp³-hybridized carbons (Fsp3) is 0.125. The Kier molecular flexibility index (Phi) is 3.76. The van der Waals surface area contributed by atoms with Gasteiger partial charge in [0, 0.05) is 22.7 Å². The molecule has 0 fully saturated rings. The van der Waals surface area contributed by atoms with Crippen molar-refractivity contribution in [2.45, 2.75) is 13.0 Å². The summed E-state index contributed by atoms with van der Waals surface area (Å²) in [6.45, 7) is 1.56. The van der Waals surface area contributed by atoms with E-state index in [1.807, 2.05) is 24.3 Å². The summed E-state index contributed by atoms with van der Waals surface area (Å²) >= 11 is 0. The average Bonchev–Trinajstić information content (AvgIpc) is 2.98. The van der Waals surface area contributed by atoms with E-state index < -0.39 is 16.8 Å². The Labute approximate surface area is 131 Å². The van der Waals surface area contributed by atoms with Crippen molar-refractivity contribution in [3.8, 4) is 5.75 Å². The number of pyridine rings is 1. The first-order chi connectivity index (χ1) is 11.1. The van der Waals surface area contributed by atoms with Crippen molar-refractivity contribution in [2.24, 2.45) is 0 Å². The summed E-state index contributed by atoms with van der Waals surface area (Å²) in [4.78, 5) is 29.6. The maximum Gasteiger partial charge on any atom is 0.406 e. The number of ketones is 1. The van der Waals surface area contributed by atoms with Crippen LogP contribution in [0.1, 0.15) is 17.3 Å². The van der Waals surface area contributed by atoms with Crippen LogP contribution in [0.5, 0.6) is 5.75 Å². The van der Waals surface area contributed by atoms with Crippen LogP contribution in [-0.2, 0) is 0 Å². The topological polar surface area (TPSA) is 98.1 Å². The normalized spacial score (nSPS) is 12.0. The molecule has 0 radical (unpaired) electrons. The van der Waals surface area contributed by atoms with Gasteiger partial charge in [0.2, 0.25) is 11.5 Å². The van der Waals surface area contributed by atoms with Crippen LogP contribution in [0.3, 0.4) is 0 Å². The van der Waals surface area contributed by atoms with Crippen molar-refractivity contribution in [3.63, 3.8) is 0 Å². The Morgan fingerprint density at radius 2 is 2.09 bits per heavy atom. The molecule has 0 saturated heterocycles. The van der Waals surface area contributed by atoms with Gasteiger partial charge in [-0.3, -0.25) is 4.79 Å². The number of fused-ring (bicyclic) bond motifs is 1. The van der Waals surface area contributed by atoms with Gasteiger partial charge in [-0.05, 0) is 35.0 Å². The van der Waals surface area contributed by atoms with Crippen molar-refractivity contribution < 1.29 is 14.5 Å². The molecule has 0 amide bonds. The third-order valence-corrected chi connectivity index (χ3v) is 3.45. The third-order valence-electron chi connectivity index (χ3n) is 3.45. The van der Waals surface area contributed by atoms with Gasteiger partial charge in [0.1, 0.15) is 6.20 Å². The molecular formula is C16H13N3O4. The van der Waals surface area contributed by atoms with E-state index in [-0.39, 0.29) is 11.5 Å². The van der Waals surface area contributed by atoms with Gasteiger partial charge in [-0.1, -0.05) is 18.2 Å². The second kappa shape index (κ2) is 5.88. The predicted molar refractivity (Wildman–Crippen MR) is 83.6 cm³/mol. The second-order valence-corrected chi connectivity index (χ2v) is 4.95. The molecule has 0 aliphatic rings. The fourth-order valence-electron chi connectivity index (χ4n) is 2.35. The molecule has 1 aromatic carbocycles. The van der Waals surface area contributed by atoms with Crippen molar-refractivity contribution in [3.05, 3.63) is 64.5 Å². The van der Waals surface area contributed by atoms with Crippen molar-refractivity contribution in [1.82, 2.24) is 9.97 Å². The zero-order valence-electron chi connectivity index (χ0n) is 12.2. The van der Waals surface area contributed by atoms with Crippen molar-refractivity contribution >= 4 is 22.5 Å². The van der Waals surface area contributed by atoms with Crippen molar-refractivity contribution in [1.29, 1.82) is 0 Å². The lowest BCUT2D eigenvalue weighted by Crippen LogP contribution is -2.24. The van der Waals surface area contributed by atoms with Crippen LogP contribution in [-0.4, -0.2) is 26.8 Å². The number of Topliss-reactive ketones (excluding diaryl/α,β-unsaturated/α-hetero) is 1. The first-order valence-corrected chi connectivity index (χ1v) is 6.94. The van der Waals surface area contributed by atoms with E-state index in [9.17, 15) is 14.9 Å². The van der Waals surface area contributed by atoms with Gasteiger partial charge in [0.25, 0.3) is 0 Å². The highest BCUT2D eigenvalue weighted by Crippen LogP contribution is 2.26. The number of para-hydroxylation sites is 1. The maximum atomic E-state index is 12.6. The second-order valence-electron chi connectivity index (χ2n) is 4.95. The first kappa shape index (κ1) is 14.7. The van der Waals surface area contributed by atoms with Gasteiger partial charge in [-0.2, -0.15) is 0 Å². The number of benzene rings is 1. The number of carbonyl (C=O) groups excluding carboxylic acids is 1. The highest BCUT2D eigenvalue weighted by atomic mass is 16.6. The summed E-state index contributed by atoms with van der Waals surface area (Å²) in [6.07, 6.45) is 2.04. The van der Waals surface area contributed by atoms with Crippen LogP contribution >= 0.6 is 0 Å². The van der Waals surface area contributed by atoms with Gasteiger partial charge in [-0.15, -0.1) is 0 Å². The molecule has 0 saturated carbocycles. The summed E-state index contributed by atoms with van der Waals surface area (Å²) in [5.74, 6) is -0.704. The number of ether oxygens (including phenoxy) is 1. The third kappa shape index (κ3) is 2.76. The molecule has 116 valence electrons. The summed E-state index contributed by atoms with van der Waals surface area (Å²) < 4.78 is 5.47. The number of nitrogens with one attached hydrogen (secondary N) is 1. The molecule has 1 atom stereocenters. The Morgan fingerprint density at radius 1 is 1.30 bits per heavy atom. The van der Waals surface area contributed by atoms with Gasteiger partial charge in [0.05, 0.1) is 0 Å². The van der Waals surface area contributed by atoms with Crippen LogP contribution in [0, 0.1) is 10.1 Å². The standard InChI is InChI=1S/C16H13N3O4/c1-10(23-14-7-4-8-17-16(14)19(21)22)15(20)12-9-18-13-6-3-2-5-11(12)13/h2-10,18H,1H3. The molecule has 2 heterocycles. The summed E-state index contributed by atoms with van der Waals surface area (Å²) in [7, 11) is 0. The monoisotopic (exact) mass is 311 g/mol. The molecule has 1 unspecified atom stereocenters. The minimum atomic E-state index is -0.878. The van der Waals surface area contributed by atoms with E-state index in [0.29, 0.717) is 5.56 Å². The highest BCUT2D eigenvalue weighted by Gasteiger charge is 2.24. The minimum Gasteiger partial charge on any atom is -0.474 e. The molecule has 3 aromatic rings. The summed E-state index contributed by atoms with van der Waals surface area (Å²) in [5, 5.41) is 11.7. The molecule has 0 spiro atoms. The Morgan fingerprint density at radius 3 is 2.87 bits per heavy atom. The number of hydrogen-bond acceptors (Lipinski definition) is 5. The molecule has 0 aliphatic heterocycles. The Balaban J connectivity index is 1.88. The number of H-pyrrole nitrogens is 1. The lowest BCUT2D eigenvalue weighted by Gasteiger charge is -2.12. The number of rotatable bonds is 5. The van der Waals surface area contributed by atoms with Crippen molar-refractivity contribution in [2.75, 3.05) is 0 Å². The van der Waals surface area contributed by atoms with Gasteiger partial charge in [-0.25, -0.2) is 0 Å². The average molecular weight is 311 g/mol. The van der Waals surface area contributed by atoms with Gasteiger partial charge >= 0.3 is 5.82 Å². The van der Waals surface area contributed by atoms with E-state index in [2.05, 4.69) is 9.97 Å². The molecule has 0 aliphatic carbocycles. The molecular weight excluding hydrogens is 298 g/mol. The molecule has 7 nitrogen and oxygen atoms in total. The molecule has 1 N–H and O–H groups in total. The molecule has 0 bridgehead atoms. The van der Waals surface area contributed by atoms with E-state index in [1.165, 1.54) is 18.3 Å². The number of aromatic nitrogens is 2. The summed E-state index contributed by atoms with van der Waals surface area (Å²) in [5.41, 5.74) is 1.33. The Hall–Kier alpha value is -3.22. The maximum absolute atomic E-state index is 12.6. The largest absolute Gasteiger partial charge is 0.474 e. The van der Waals surface area contributed by atoms with Crippen LogP contribution in [0.15, 0.2) is 48.8 Å². The quantitative estimate of drug-likeness (QED) is 0.443. The molecule has 2 aromatic heterocycles. The minimum absolute atomic E-state index is 0.0295. The molecule has 3 rings (SSSR count). The zero-order chi connectivity index (χ0) is 16.4. The number of nitro groups is 1. The van der Waals surface area contributed by atoms with Crippen LogP contribution < -0.4 is 4.74 Å². The van der Waals surface area contributed by atoms with Crippen LogP contribution in [0.25, 0.3) is 10.9 Å². The number of hydrogen-bond donors (Lipinski definition) is 1. The predicted octanol–water partition coefficient (Wildman–Crippen LogP) is 3.12. The number of carbonyl (C=O) groups is 1. The lowest BCUT2D eigenvalue weighted by atomic mass is 10.1. The first-order valence-electron chi connectivity index (χ1n) is 6.94. The van der Waals surface area contributed by atoms with Gasteiger partial charge < -0.3 is 19.8 Å². The van der Waals surface area contributed by atoms with Crippen LogP contribution in [0.2, 0.25) is 0 Å². The van der Waals surface area contributed by atoms with E-state index in [0.717, 1.165) is 10.9 Å². The van der Waals surface area contributed by atoms with Gasteiger partial charge in [0.15, 0.2) is 6.10 Å². The number of aromatic amines is 1. The van der Waals surface area contributed by atoms with Crippen LogP contribution in [0.4, 0.5) is 5.82 Å². The fourth-order valence-corrected chi connectivity index (χ4v) is 2.35. The Bertz CT molecular complexity index is 888. The number of nitrogens with zero attached hydrogens (tertiary/aromatic N) is 2. The van der Waals surface area contributed by atoms with E-state index in [1.54, 1.807) is 13.1 Å². The highest BCUT2D eigenvalue weighted by molar-refractivity contribution is 6.09. The summed E-state index contributed by atoms with van der Waals surface area (Å²) in [6, 6.07) is 10.3. The zero-order valence-corrected chi connectivity index (χ0v) is 12.2. The van der Waals surface area contributed by atoms with E-state index in [4.69, 9.17) is 4.74 Å². The van der Waals surface area contributed by atoms with E-state index >= 15 is 0 Å². The lowest BCUT2D eigenvalue weighted by molar-refractivity contribution is -0.390. The smallest absolute Gasteiger partial charge is 0.406 e. The molecule has 7 heteroatoms. The molecule has 23 heavy (non-hydrogen) atoms. The SMILES string of the molecule is CC(Oc1cccnc1[N+](=O)[O-])C(=O)c1c[nH]c2ccccc12.